The van der Waals surface area contributed by atoms with Gasteiger partial charge in [0.15, 0.2) is 0 Å². The summed E-state index contributed by atoms with van der Waals surface area (Å²) in [5, 5.41) is 23.3. The summed E-state index contributed by atoms with van der Waals surface area (Å²) in [5.41, 5.74) is 5.53. The molecule has 0 radical (unpaired) electrons. The number of rotatable bonds is 10. The van der Waals surface area contributed by atoms with E-state index in [-0.39, 0.29) is 53.7 Å². The molecule has 4 heterocycles. The molecular formula is C24H38N6O6S. The third kappa shape index (κ3) is 5.51. The van der Waals surface area contributed by atoms with Gasteiger partial charge in [0.1, 0.15) is 12.4 Å². The van der Waals surface area contributed by atoms with Crippen molar-refractivity contribution < 1.29 is 29.3 Å². The van der Waals surface area contributed by atoms with E-state index < -0.39 is 18.0 Å². The number of β-lactam (4-membered cyclic amide) rings is 1. The average molecular weight is 539 g/mol. The first-order valence-corrected chi connectivity index (χ1v) is 13.6. The SMILES string of the molecule is C/C(N)=N/COCN[C@H]1CCN([C@@H]2C[C@H](SC3=C(C(=O)O)N4C(=O)[C@H]([C@@H](C)O)[C@H]4[C@H]3C)CN2C)C(=O)C1. The van der Waals surface area contributed by atoms with Gasteiger partial charge in [-0.25, -0.2) is 9.79 Å². The van der Waals surface area contributed by atoms with Gasteiger partial charge in [-0.3, -0.25) is 19.8 Å². The number of carboxylic acids is 1. The Morgan fingerprint density at radius 3 is 2.73 bits per heavy atom. The second-order valence-electron chi connectivity index (χ2n) is 10.4. The van der Waals surface area contributed by atoms with Crippen LogP contribution in [0, 0.1) is 11.8 Å². The molecule has 13 heteroatoms. The van der Waals surface area contributed by atoms with Gasteiger partial charge in [-0.1, -0.05) is 6.92 Å². The third-order valence-corrected chi connectivity index (χ3v) is 9.27. The predicted octanol–water partition coefficient (Wildman–Crippen LogP) is -0.207. The molecule has 3 saturated heterocycles. The Morgan fingerprint density at radius 2 is 2.11 bits per heavy atom. The van der Waals surface area contributed by atoms with Crippen molar-refractivity contribution in [3.8, 4) is 0 Å². The number of aliphatic hydroxyl groups is 1. The Labute approximate surface area is 221 Å². The number of likely N-dealkylation sites (tertiary alicyclic amines) is 2. The van der Waals surface area contributed by atoms with Crippen LogP contribution in [0.15, 0.2) is 15.6 Å². The molecule has 206 valence electrons. The fourth-order valence-corrected chi connectivity index (χ4v) is 7.54. The van der Waals surface area contributed by atoms with Gasteiger partial charge in [0.2, 0.25) is 11.8 Å². The van der Waals surface area contributed by atoms with Crippen LogP contribution in [0.2, 0.25) is 0 Å². The zero-order valence-corrected chi connectivity index (χ0v) is 22.6. The third-order valence-electron chi connectivity index (χ3n) is 7.78. The van der Waals surface area contributed by atoms with Crippen molar-refractivity contribution in [3.05, 3.63) is 10.6 Å². The first-order chi connectivity index (χ1) is 17.5. The summed E-state index contributed by atoms with van der Waals surface area (Å²) in [5.74, 6) is -1.64. The minimum atomic E-state index is -1.11. The maximum atomic E-state index is 13.0. The number of carbonyl (C=O) groups excluding carboxylic acids is 2. The van der Waals surface area contributed by atoms with Gasteiger partial charge in [-0.2, -0.15) is 0 Å². The number of thioether (sulfide) groups is 1. The van der Waals surface area contributed by atoms with Gasteiger partial charge in [-0.05, 0) is 33.7 Å². The van der Waals surface area contributed by atoms with Crippen molar-refractivity contribution in [1.29, 1.82) is 0 Å². The topological polar surface area (TPSA) is 161 Å². The molecule has 5 N–H and O–H groups in total. The molecule has 4 aliphatic heterocycles. The van der Waals surface area contributed by atoms with Gasteiger partial charge < -0.3 is 30.5 Å². The maximum Gasteiger partial charge on any atom is 0.353 e. The molecule has 0 aromatic rings. The highest BCUT2D eigenvalue weighted by molar-refractivity contribution is 8.03. The van der Waals surface area contributed by atoms with Crippen LogP contribution in [0.1, 0.15) is 40.0 Å². The van der Waals surface area contributed by atoms with Crippen LogP contribution in [0.25, 0.3) is 0 Å². The number of piperidine rings is 1. The molecule has 0 aliphatic carbocycles. The summed E-state index contributed by atoms with van der Waals surface area (Å²) in [4.78, 5) is 47.8. The van der Waals surface area contributed by atoms with E-state index in [1.54, 1.807) is 13.8 Å². The Balaban J connectivity index is 1.34. The molecule has 4 aliphatic rings. The normalized spacial score (nSPS) is 33.7. The van der Waals surface area contributed by atoms with Gasteiger partial charge in [0.05, 0.1) is 36.8 Å². The maximum absolute atomic E-state index is 13.0. The summed E-state index contributed by atoms with van der Waals surface area (Å²) < 4.78 is 5.38. The fraction of sp³-hybridized carbons (Fsp3) is 0.750. The largest absolute Gasteiger partial charge is 0.477 e. The average Bonchev–Trinajstić information content (AvgIpc) is 3.28. The number of nitrogens with one attached hydrogen (secondary N) is 1. The van der Waals surface area contributed by atoms with Crippen LogP contribution in [0.5, 0.6) is 0 Å². The highest BCUT2D eigenvalue weighted by atomic mass is 32.2. The van der Waals surface area contributed by atoms with Crippen LogP contribution in [-0.4, -0.2) is 112 Å². The van der Waals surface area contributed by atoms with Crippen molar-refractivity contribution >= 4 is 35.4 Å². The van der Waals surface area contributed by atoms with E-state index in [9.17, 15) is 24.6 Å². The Hall–Kier alpha value is -2.19. The minimum Gasteiger partial charge on any atom is -0.477 e. The van der Waals surface area contributed by atoms with Crippen molar-refractivity contribution in [2.24, 2.45) is 22.6 Å². The molecule has 0 aromatic heterocycles. The quantitative estimate of drug-likeness (QED) is 0.0963. The van der Waals surface area contributed by atoms with Crippen molar-refractivity contribution in [1.82, 2.24) is 20.0 Å². The number of hydrogen-bond acceptors (Lipinski definition) is 9. The summed E-state index contributed by atoms with van der Waals surface area (Å²) in [6, 6.07) is -0.283. The second-order valence-corrected chi connectivity index (χ2v) is 11.8. The molecule has 7 atom stereocenters. The van der Waals surface area contributed by atoms with Crippen LogP contribution in [-0.2, 0) is 19.1 Å². The van der Waals surface area contributed by atoms with Crippen LogP contribution in [0.3, 0.4) is 0 Å². The molecule has 0 bridgehead atoms. The zero-order chi connectivity index (χ0) is 27.0. The van der Waals surface area contributed by atoms with Crippen LogP contribution in [0.4, 0.5) is 0 Å². The number of nitrogens with zero attached hydrogens (tertiary/aromatic N) is 4. The van der Waals surface area contributed by atoms with Crippen molar-refractivity contribution in [2.45, 2.75) is 69.6 Å². The number of aliphatic hydroxyl groups excluding tert-OH is 1. The number of fused-ring (bicyclic) bond motifs is 1. The number of amides is 2. The smallest absolute Gasteiger partial charge is 0.353 e. The number of amidine groups is 1. The molecule has 2 amide bonds. The molecule has 0 unspecified atom stereocenters. The highest BCUT2D eigenvalue weighted by Gasteiger charge is 2.60. The lowest BCUT2D eigenvalue weighted by atomic mass is 9.79. The lowest BCUT2D eigenvalue weighted by Crippen LogP contribution is -2.63. The molecule has 0 aromatic carbocycles. The lowest BCUT2D eigenvalue weighted by molar-refractivity contribution is -0.163. The number of carbonyl (C=O) groups is 3. The minimum absolute atomic E-state index is 0.0372. The molecule has 0 spiro atoms. The zero-order valence-electron chi connectivity index (χ0n) is 21.8. The van der Waals surface area contributed by atoms with Gasteiger partial charge in [-0.15, -0.1) is 11.8 Å². The number of aliphatic carboxylic acids is 1. The second kappa shape index (κ2) is 11.3. The van der Waals surface area contributed by atoms with Gasteiger partial charge in [0, 0.05) is 41.6 Å². The van der Waals surface area contributed by atoms with Crippen molar-refractivity contribution in [3.63, 3.8) is 0 Å². The highest BCUT2D eigenvalue weighted by Crippen LogP contribution is 2.52. The monoisotopic (exact) mass is 538 g/mol. The molecular weight excluding hydrogens is 500 g/mol. The summed E-state index contributed by atoms with van der Waals surface area (Å²) in [7, 11) is 1.99. The van der Waals surface area contributed by atoms with Gasteiger partial charge in [0.25, 0.3) is 0 Å². The van der Waals surface area contributed by atoms with E-state index in [0.717, 1.165) is 6.42 Å². The van der Waals surface area contributed by atoms with Crippen LogP contribution >= 0.6 is 11.8 Å². The summed E-state index contributed by atoms with van der Waals surface area (Å²) in [6.07, 6.45) is 1.03. The fourth-order valence-electron chi connectivity index (χ4n) is 5.95. The Kier molecular flexibility index (Phi) is 8.48. The molecule has 0 saturated carbocycles. The molecule has 12 nitrogen and oxygen atoms in total. The van der Waals surface area contributed by atoms with E-state index in [4.69, 9.17) is 10.5 Å². The number of ether oxygens (including phenoxy) is 1. The number of carboxylic acid groups (broad SMARTS) is 1. The van der Waals surface area contributed by atoms with E-state index in [2.05, 4.69) is 15.2 Å². The lowest BCUT2D eigenvalue weighted by Gasteiger charge is -2.46. The number of hydrogen-bond donors (Lipinski definition) is 4. The number of nitrogens with two attached hydrogens (primary N) is 1. The number of aliphatic imine (C=N–C) groups is 1. The first-order valence-electron chi connectivity index (χ1n) is 12.7. The Morgan fingerprint density at radius 1 is 1.38 bits per heavy atom. The van der Waals surface area contributed by atoms with E-state index >= 15 is 0 Å². The molecule has 3 fully saturated rings. The van der Waals surface area contributed by atoms with Crippen LogP contribution < -0.4 is 11.1 Å². The Bertz CT molecular complexity index is 985. The summed E-state index contributed by atoms with van der Waals surface area (Å²) >= 11 is 1.51. The van der Waals surface area contributed by atoms with E-state index in [1.807, 2.05) is 18.9 Å². The predicted molar refractivity (Wildman–Crippen MR) is 138 cm³/mol. The van der Waals surface area contributed by atoms with Gasteiger partial charge >= 0.3 is 5.97 Å². The van der Waals surface area contributed by atoms with E-state index in [1.165, 1.54) is 16.7 Å². The summed E-state index contributed by atoms with van der Waals surface area (Å²) in [6.45, 7) is 7.02. The standard InChI is InChI=1S/C24H38N6O6S/c1-12-20-19(13(2)31)23(33)30(20)21(24(34)35)22(12)37-16-8-17(28(4)9-16)29-6-5-15(7-18(29)32)27-11-36-10-26-14(3)25/h12-13,15-17,19-20,27,31H,5-11H2,1-4H3,(H2,25,26)(H,34,35)/t12-,13-,15+,16+,17-,19-,20-/m1/s1. The van der Waals surface area contributed by atoms with Crippen molar-refractivity contribution in [2.75, 3.05) is 33.6 Å². The molecule has 4 rings (SSSR count). The van der Waals surface area contributed by atoms with E-state index in [0.29, 0.717) is 43.4 Å². The first kappa shape index (κ1) is 27.8. The molecule has 37 heavy (non-hydrogen) atoms.